The summed E-state index contributed by atoms with van der Waals surface area (Å²) in [5, 5.41) is 0. The van der Waals surface area contributed by atoms with Gasteiger partial charge in [-0.05, 0) is 39.1 Å². The minimum absolute atomic E-state index is 0.0511. The molecule has 98 valence electrons. The number of nitrogens with zero attached hydrogens (tertiary/aromatic N) is 2. The highest BCUT2D eigenvalue weighted by atomic mass is 14.8. The highest BCUT2D eigenvalue weighted by Gasteiger charge is 2.14. The lowest BCUT2D eigenvalue weighted by Crippen LogP contribution is -2.09. The fraction of sp³-hybridized carbons (Fsp3) is 0.375. The first kappa shape index (κ1) is 16.3. The molecule has 0 saturated carbocycles. The Bertz CT molecular complexity index is 432. The van der Waals surface area contributed by atoms with Crippen LogP contribution in [0.3, 0.4) is 0 Å². The second-order valence-electron chi connectivity index (χ2n) is 5.07. The largest absolute Gasteiger partial charge is 0.271 e. The molecule has 0 aliphatic rings. The van der Waals surface area contributed by atoms with Crippen LogP contribution < -0.4 is 0 Å². The van der Waals surface area contributed by atoms with Crippen LogP contribution in [0.5, 0.6) is 0 Å². The summed E-state index contributed by atoms with van der Waals surface area (Å²) < 4.78 is 0. The smallest absolute Gasteiger partial charge is 0.0653 e. The van der Waals surface area contributed by atoms with Crippen LogP contribution in [-0.2, 0) is 0 Å². The van der Waals surface area contributed by atoms with Gasteiger partial charge < -0.3 is 0 Å². The average Bonchev–Trinajstić information content (AvgIpc) is 2.23. The third-order valence-corrected chi connectivity index (χ3v) is 2.77. The number of aliphatic imine (C=N–C) groups is 2. The molecule has 0 unspecified atom stereocenters. The first-order valence-corrected chi connectivity index (χ1v) is 5.93. The van der Waals surface area contributed by atoms with Gasteiger partial charge in [0.15, 0.2) is 0 Å². The van der Waals surface area contributed by atoms with Crippen LogP contribution in [0.15, 0.2) is 58.3 Å². The van der Waals surface area contributed by atoms with Crippen LogP contribution in [0.2, 0.25) is 0 Å². The van der Waals surface area contributed by atoms with Gasteiger partial charge in [0.25, 0.3) is 0 Å². The van der Waals surface area contributed by atoms with Crippen LogP contribution in [0.25, 0.3) is 0 Å². The second kappa shape index (κ2) is 6.90. The molecule has 0 spiro atoms. The molecular weight excluding hydrogens is 220 g/mol. The summed E-state index contributed by atoms with van der Waals surface area (Å²) in [6.45, 7) is 21.4. The lowest BCUT2D eigenvalue weighted by atomic mass is 9.85. The van der Waals surface area contributed by atoms with Crippen molar-refractivity contribution in [3.05, 3.63) is 48.4 Å². The van der Waals surface area contributed by atoms with Crippen LogP contribution in [-0.4, -0.2) is 12.4 Å². The molecule has 0 heterocycles. The Morgan fingerprint density at radius 2 is 1.67 bits per heavy atom. The van der Waals surface area contributed by atoms with E-state index in [1.165, 1.54) is 0 Å². The standard InChI is InChI=1S/C16H24N2/c1-12(2)15(18-14(5)11-17-8)9-10-16(6,7)13(3)4/h9-11H,1,3,8H2,2,4-7H3/b10-9?,14-11+,18-15?. The molecule has 0 atom stereocenters. The van der Waals surface area contributed by atoms with Gasteiger partial charge in [0.05, 0.1) is 11.4 Å². The molecule has 2 nitrogen and oxygen atoms in total. The minimum Gasteiger partial charge on any atom is -0.271 e. The van der Waals surface area contributed by atoms with E-state index in [4.69, 9.17) is 0 Å². The third kappa shape index (κ3) is 5.58. The minimum atomic E-state index is -0.0511. The molecule has 18 heavy (non-hydrogen) atoms. The topological polar surface area (TPSA) is 24.7 Å². The molecule has 0 aromatic carbocycles. The molecular formula is C16H24N2. The monoisotopic (exact) mass is 244 g/mol. The fourth-order valence-electron chi connectivity index (χ4n) is 1.06. The number of allylic oxidation sites excluding steroid dienone is 5. The lowest BCUT2D eigenvalue weighted by Gasteiger charge is -2.20. The Morgan fingerprint density at radius 1 is 1.11 bits per heavy atom. The van der Waals surface area contributed by atoms with Crippen molar-refractivity contribution in [1.82, 2.24) is 0 Å². The van der Waals surface area contributed by atoms with Crippen molar-refractivity contribution in [3.63, 3.8) is 0 Å². The number of hydrogen-bond acceptors (Lipinski definition) is 2. The molecule has 0 bridgehead atoms. The summed E-state index contributed by atoms with van der Waals surface area (Å²) in [5.41, 5.74) is 3.63. The van der Waals surface area contributed by atoms with E-state index in [0.717, 1.165) is 22.6 Å². The third-order valence-electron chi connectivity index (χ3n) is 2.77. The molecule has 0 N–H and O–H groups in total. The van der Waals surface area contributed by atoms with Crippen LogP contribution >= 0.6 is 0 Å². The van der Waals surface area contributed by atoms with Crippen molar-refractivity contribution >= 4 is 12.4 Å². The summed E-state index contributed by atoms with van der Waals surface area (Å²) in [6, 6.07) is 0. The summed E-state index contributed by atoms with van der Waals surface area (Å²) in [7, 11) is 0. The Morgan fingerprint density at radius 3 is 2.06 bits per heavy atom. The fourth-order valence-corrected chi connectivity index (χ4v) is 1.06. The van der Waals surface area contributed by atoms with Gasteiger partial charge in [-0.15, -0.1) is 0 Å². The average molecular weight is 244 g/mol. The molecule has 0 aliphatic heterocycles. The molecule has 0 aliphatic carbocycles. The highest BCUT2D eigenvalue weighted by molar-refractivity contribution is 6.08. The molecule has 0 saturated heterocycles. The summed E-state index contributed by atoms with van der Waals surface area (Å²) in [6.07, 6.45) is 5.70. The van der Waals surface area contributed by atoms with E-state index >= 15 is 0 Å². The zero-order valence-corrected chi connectivity index (χ0v) is 12.2. The van der Waals surface area contributed by atoms with E-state index in [1.807, 2.05) is 26.8 Å². The van der Waals surface area contributed by atoms with E-state index in [9.17, 15) is 0 Å². The van der Waals surface area contributed by atoms with Gasteiger partial charge >= 0.3 is 0 Å². The second-order valence-corrected chi connectivity index (χ2v) is 5.07. The van der Waals surface area contributed by atoms with Gasteiger partial charge in [0.2, 0.25) is 0 Å². The zero-order chi connectivity index (χ0) is 14.3. The molecule has 0 aromatic rings. The van der Waals surface area contributed by atoms with E-state index < -0.39 is 0 Å². The van der Waals surface area contributed by atoms with E-state index in [-0.39, 0.29) is 5.41 Å². The lowest BCUT2D eigenvalue weighted by molar-refractivity contribution is 0.583. The maximum atomic E-state index is 4.46. The first-order valence-electron chi connectivity index (χ1n) is 5.93. The van der Waals surface area contributed by atoms with Crippen molar-refractivity contribution < 1.29 is 0 Å². The van der Waals surface area contributed by atoms with E-state index in [0.29, 0.717) is 0 Å². The van der Waals surface area contributed by atoms with E-state index in [2.05, 4.69) is 49.8 Å². The van der Waals surface area contributed by atoms with Crippen LogP contribution in [0.4, 0.5) is 0 Å². The summed E-state index contributed by atoms with van der Waals surface area (Å²) in [5.74, 6) is 0. The molecule has 0 radical (unpaired) electrons. The van der Waals surface area contributed by atoms with Gasteiger partial charge in [-0.3, -0.25) is 9.98 Å². The van der Waals surface area contributed by atoms with Gasteiger partial charge in [-0.1, -0.05) is 38.7 Å². The van der Waals surface area contributed by atoms with Crippen LogP contribution in [0, 0.1) is 5.41 Å². The van der Waals surface area contributed by atoms with E-state index in [1.54, 1.807) is 6.20 Å². The molecule has 0 rings (SSSR count). The Labute approximate surface area is 111 Å². The van der Waals surface area contributed by atoms with Gasteiger partial charge in [0, 0.05) is 11.6 Å². The van der Waals surface area contributed by atoms with Crippen molar-refractivity contribution in [3.8, 4) is 0 Å². The SMILES string of the molecule is C=N/C=C(\C)N=C(C=CC(C)(C)C(=C)C)C(=C)C. The van der Waals surface area contributed by atoms with Crippen LogP contribution in [0.1, 0.15) is 34.6 Å². The number of rotatable bonds is 6. The molecule has 0 amide bonds. The maximum absolute atomic E-state index is 4.46. The normalized spacial score (nSPS) is 13.8. The molecule has 0 fully saturated rings. The predicted octanol–water partition coefficient (Wildman–Crippen LogP) is 4.72. The highest BCUT2D eigenvalue weighted by Crippen LogP contribution is 2.26. The van der Waals surface area contributed by atoms with Crippen molar-refractivity contribution in [1.29, 1.82) is 0 Å². The van der Waals surface area contributed by atoms with Gasteiger partial charge in [-0.25, -0.2) is 0 Å². The predicted molar refractivity (Wildman–Crippen MR) is 83.3 cm³/mol. The zero-order valence-electron chi connectivity index (χ0n) is 12.2. The quantitative estimate of drug-likeness (QED) is 0.477. The Balaban J connectivity index is 5.26. The Hall–Kier alpha value is -1.70. The summed E-state index contributed by atoms with van der Waals surface area (Å²) >= 11 is 0. The van der Waals surface area contributed by atoms with Gasteiger partial charge in [-0.2, -0.15) is 0 Å². The maximum Gasteiger partial charge on any atom is 0.0653 e. The van der Waals surface area contributed by atoms with Crippen molar-refractivity contribution in [2.75, 3.05) is 0 Å². The van der Waals surface area contributed by atoms with Crippen molar-refractivity contribution in [2.45, 2.75) is 34.6 Å². The molecule has 0 aromatic heterocycles. The first-order chi connectivity index (χ1) is 8.20. The number of hydrogen-bond donors (Lipinski definition) is 0. The Kier molecular flexibility index (Phi) is 6.24. The molecule has 2 heteroatoms. The summed E-state index contributed by atoms with van der Waals surface area (Å²) in [4.78, 5) is 8.15. The van der Waals surface area contributed by atoms with Gasteiger partial charge in [0.1, 0.15) is 0 Å². The van der Waals surface area contributed by atoms with Crippen molar-refractivity contribution in [2.24, 2.45) is 15.4 Å².